The zero-order chi connectivity index (χ0) is 10.1. The maximum absolute atomic E-state index is 11.5. The van der Waals surface area contributed by atoms with Crippen molar-refractivity contribution < 1.29 is 9.59 Å². The number of anilines is 1. The van der Waals surface area contributed by atoms with Gasteiger partial charge in [0.25, 0.3) is 0 Å². The average molecular weight is 275 g/mol. The minimum absolute atomic E-state index is 0.0543. The molecule has 0 bridgehead atoms. The molecule has 0 aromatic carbocycles. The average Bonchev–Trinajstić information content (AvgIpc) is 2.71. The van der Waals surface area contributed by atoms with Crippen LogP contribution in [-0.2, 0) is 4.79 Å². The van der Waals surface area contributed by atoms with Gasteiger partial charge in [-0.2, -0.15) is 0 Å². The Morgan fingerprint density at radius 2 is 2.50 bits per heavy atom. The van der Waals surface area contributed by atoms with Gasteiger partial charge in [0.15, 0.2) is 11.4 Å². The summed E-state index contributed by atoms with van der Waals surface area (Å²) in [6.45, 7) is 0.630. The molecule has 1 aliphatic rings. The van der Waals surface area contributed by atoms with Crippen LogP contribution in [0.2, 0.25) is 0 Å². The molecule has 1 saturated heterocycles. The van der Waals surface area contributed by atoms with E-state index in [2.05, 4.69) is 20.9 Å². The number of nitrogens with zero attached hydrogens (tertiary/aromatic N) is 2. The van der Waals surface area contributed by atoms with Gasteiger partial charge in [-0.1, -0.05) is 27.3 Å². The van der Waals surface area contributed by atoms with Gasteiger partial charge in [-0.15, -0.1) is 0 Å². The minimum atomic E-state index is 0.0543. The van der Waals surface area contributed by atoms with Crippen LogP contribution in [-0.4, -0.2) is 28.5 Å². The highest BCUT2D eigenvalue weighted by atomic mass is 79.9. The lowest BCUT2D eigenvalue weighted by molar-refractivity contribution is -0.117. The van der Waals surface area contributed by atoms with Crippen molar-refractivity contribution in [3.63, 3.8) is 0 Å². The van der Waals surface area contributed by atoms with E-state index in [1.807, 2.05) is 0 Å². The van der Waals surface area contributed by atoms with E-state index in [0.717, 1.165) is 6.29 Å². The van der Waals surface area contributed by atoms with Gasteiger partial charge in [0.05, 0.1) is 11.1 Å². The fourth-order valence-electron chi connectivity index (χ4n) is 1.31. The number of carbonyl (C=O) groups is 2. The molecule has 4 nitrogen and oxygen atoms in total. The van der Waals surface area contributed by atoms with E-state index in [0.29, 0.717) is 23.0 Å². The maximum atomic E-state index is 11.5. The Labute approximate surface area is 93.1 Å². The molecule has 74 valence electrons. The molecule has 1 unspecified atom stereocenters. The Morgan fingerprint density at radius 1 is 1.71 bits per heavy atom. The first-order chi connectivity index (χ1) is 6.70. The number of hydrogen-bond donors (Lipinski definition) is 0. The van der Waals surface area contributed by atoms with Crippen molar-refractivity contribution in [3.05, 3.63) is 11.1 Å². The summed E-state index contributed by atoms with van der Waals surface area (Å²) in [4.78, 5) is 28.3. The first kappa shape index (κ1) is 9.79. The zero-order valence-corrected chi connectivity index (χ0v) is 9.55. The largest absolute Gasteiger partial charge is 0.297 e. The number of amides is 1. The number of hydrogen-bond acceptors (Lipinski definition) is 4. The lowest BCUT2D eigenvalue weighted by Crippen LogP contribution is -2.24. The van der Waals surface area contributed by atoms with Crippen molar-refractivity contribution in [2.75, 3.05) is 11.4 Å². The maximum Gasteiger partial charge on any atom is 0.230 e. The predicted octanol–water partition coefficient (Wildman–Crippen LogP) is 1.46. The number of halogens is 1. The third-order valence-electron chi connectivity index (χ3n) is 1.94. The lowest BCUT2D eigenvalue weighted by Gasteiger charge is -2.10. The van der Waals surface area contributed by atoms with Gasteiger partial charge >= 0.3 is 0 Å². The molecular weight excluding hydrogens is 268 g/mol. The minimum Gasteiger partial charge on any atom is -0.297 e. The summed E-state index contributed by atoms with van der Waals surface area (Å²) in [5.74, 6) is 0.0543. The molecule has 2 rings (SSSR count). The Morgan fingerprint density at radius 3 is 3.00 bits per heavy atom. The molecule has 1 fully saturated rings. The van der Waals surface area contributed by atoms with E-state index in [-0.39, 0.29) is 10.7 Å². The first-order valence-electron chi connectivity index (χ1n) is 4.06. The molecule has 0 radical (unpaired) electrons. The molecule has 0 aliphatic carbocycles. The van der Waals surface area contributed by atoms with Crippen molar-refractivity contribution in [1.82, 2.24) is 4.98 Å². The standard InChI is InChI=1S/C8H7BrN2O2S/c9-5-1-7(13)11(3-5)8-10-2-6(4-12)14-8/h2,4-5H,1,3H2. The van der Waals surface area contributed by atoms with E-state index in [4.69, 9.17) is 0 Å². The van der Waals surface area contributed by atoms with Crippen LogP contribution in [0.5, 0.6) is 0 Å². The Kier molecular flexibility index (Phi) is 2.64. The van der Waals surface area contributed by atoms with Crippen molar-refractivity contribution in [2.45, 2.75) is 11.2 Å². The molecule has 6 heteroatoms. The highest BCUT2D eigenvalue weighted by Gasteiger charge is 2.30. The second kappa shape index (κ2) is 3.78. The van der Waals surface area contributed by atoms with Crippen molar-refractivity contribution in [3.8, 4) is 0 Å². The van der Waals surface area contributed by atoms with Gasteiger partial charge in [0.2, 0.25) is 5.91 Å². The molecule has 2 heterocycles. The van der Waals surface area contributed by atoms with Crippen LogP contribution in [0.4, 0.5) is 5.13 Å². The summed E-state index contributed by atoms with van der Waals surface area (Å²) in [5.41, 5.74) is 0. The van der Waals surface area contributed by atoms with E-state index in [1.165, 1.54) is 17.5 Å². The van der Waals surface area contributed by atoms with Gasteiger partial charge < -0.3 is 0 Å². The predicted molar refractivity (Wildman–Crippen MR) is 57.2 cm³/mol. The van der Waals surface area contributed by atoms with Crippen LogP contribution < -0.4 is 4.90 Å². The molecule has 1 amide bonds. The topological polar surface area (TPSA) is 50.3 Å². The Hall–Kier alpha value is -0.750. The van der Waals surface area contributed by atoms with Crippen molar-refractivity contribution in [1.29, 1.82) is 0 Å². The van der Waals surface area contributed by atoms with Crippen LogP contribution in [0.1, 0.15) is 16.1 Å². The van der Waals surface area contributed by atoms with E-state index >= 15 is 0 Å². The van der Waals surface area contributed by atoms with Gasteiger partial charge in [-0.25, -0.2) is 4.98 Å². The summed E-state index contributed by atoms with van der Waals surface area (Å²) < 4.78 is 0. The van der Waals surface area contributed by atoms with E-state index < -0.39 is 0 Å². The SMILES string of the molecule is O=Cc1cnc(N2CC(Br)CC2=O)s1. The van der Waals surface area contributed by atoms with Gasteiger partial charge in [-0.05, 0) is 0 Å². The van der Waals surface area contributed by atoms with Crippen molar-refractivity contribution >= 4 is 44.6 Å². The van der Waals surface area contributed by atoms with Crippen LogP contribution in [0, 0.1) is 0 Å². The Balaban J connectivity index is 2.22. The summed E-state index contributed by atoms with van der Waals surface area (Å²) in [6.07, 6.45) is 2.73. The van der Waals surface area contributed by atoms with E-state index in [1.54, 1.807) is 4.90 Å². The number of carbonyl (C=O) groups excluding carboxylic acids is 2. The molecule has 0 saturated carbocycles. The fourth-order valence-corrected chi connectivity index (χ4v) is 2.63. The number of alkyl halides is 1. The van der Waals surface area contributed by atoms with Gasteiger partial charge in [0.1, 0.15) is 0 Å². The first-order valence-corrected chi connectivity index (χ1v) is 5.79. The van der Waals surface area contributed by atoms with Crippen LogP contribution >= 0.6 is 27.3 Å². The second-order valence-corrected chi connectivity index (χ2v) is 5.30. The molecule has 1 atom stereocenters. The van der Waals surface area contributed by atoms with Crippen LogP contribution in [0.3, 0.4) is 0 Å². The third kappa shape index (κ3) is 1.72. The molecule has 1 aromatic heterocycles. The molecule has 0 spiro atoms. The molecule has 1 aliphatic heterocycles. The second-order valence-electron chi connectivity index (χ2n) is 2.97. The van der Waals surface area contributed by atoms with E-state index in [9.17, 15) is 9.59 Å². The fraction of sp³-hybridized carbons (Fsp3) is 0.375. The van der Waals surface area contributed by atoms with Gasteiger partial charge in [-0.3, -0.25) is 14.5 Å². The monoisotopic (exact) mass is 274 g/mol. The van der Waals surface area contributed by atoms with Crippen molar-refractivity contribution in [2.24, 2.45) is 0 Å². The quantitative estimate of drug-likeness (QED) is 0.606. The summed E-state index contributed by atoms with van der Waals surface area (Å²) in [6, 6.07) is 0. The molecule has 1 aromatic rings. The molecular formula is C8H7BrN2O2S. The number of aromatic nitrogens is 1. The van der Waals surface area contributed by atoms with Gasteiger partial charge in [0, 0.05) is 17.8 Å². The Bertz CT molecular complexity index is 379. The smallest absolute Gasteiger partial charge is 0.230 e. The zero-order valence-electron chi connectivity index (χ0n) is 7.14. The van der Waals surface area contributed by atoms with Crippen LogP contribution in [0.15, 0.2) is 6.20 Å². The molecule has 0 N–H and O–H groups in total. The summed E-state index contributed by atoms with van der Waals surface area (Å²) in [7, 11) is 0. The normalized spacial score (nSPS) is 21.6. The number of rotatable bonds is 2. The summed E-state index contributed by atoms with van der Waals surface area (Å²) >= 11 is 4.63. The highest BCUT2D eigenvalue weighted by molar-refractivity contribution is 9.09. The highest BCUT2D eigenvalue weighted by Crippen LogP contribution is 2.28. The number of aldehydes is 1. The lowest BCUT2D eigenvalue weighted by atomic mass is 10.4. The molecule has 14 heavy (non-hydrogen) atoms. The summed E-state index contributed by atoms with van der Waals surface area (Å²) in [5, 5.41) is 0.610. The number of thiazole rings is 1. The van der Waals surface area contributed by atoms with Crippen LogP contribution in [0.25, 0.3) is 0 Å². The third-order valence-corrected chi connectivity index (χ3v) is 3.50.